The van der Waals surface area contributed by atoms with Crippen molar-refractivity contribution in [3.05, 3.63) is 23.8 Å². The molecule has 0 saturated carbocycles. The van der Waals surface area contributed by atoms with Gasteiger partial charge in [-0.3, -0.25) is 4.79 Å². The molecule has 0 unspecified atom stereocenters. The van der Waals surface area contributed by atoms with Gasteiger partial charge in [0.25, 0.3) is 0 Å². The number of carbonyl (C=O) groups excluding carboxylic acids is 1. The summed E-state index contributed by atoms with van der Waals surface area (Å²) in [6.45, 7) is 8.51. The summed E-state index contributed by atoms with van der Waals surface area (Å²) in [7, 11) is 0. The van der Waals surface area contributed by atoms with E-state index in [1.807, 2.05) is 45.9 Å². The molecule has 19 heavy (non-hydrogen) atoms. The summed E-state index contributed by atoms with van der Waals surface area (Å²) in [5.74, 6) is 0.622. The van der Waals surface area contributed by atoms with Crippen LogP contribution in [0.2, 0.25) is 0 Å². The quantitative estimate of drug-likeness (QED) is 0.830. The van der Waals surface area contributed by atoms with Gasteiger partial charge in [0.2, 0.25) is 5.91 Å². The first-order chi connectivity index (χ1) is 8.95. The molecule has 4 heteroatoms. The molecule has 1 atom stereocenters. The van der Waals surface area contributed by atoms with Crippen LogP contribution in [0.1, 0.15) is 32.8 Å². The molecule has 0 aromatic heterocycles. The van der Waals surface area contributed by atoms with Gasteiger partial charge in [0.1, 0.15) is 5.75 Å². The molecule has 1 rings (SSSR count). The lowest BCUT2D eigenvalue weighted by molar-refractivity contribution is -0.118. The average Bonchev–Trinajstić information content (AvgIpc) is 2.37. The van der Waals surface area contributed by atoms with Gasteiger partial charge in [-0.1, -0.05) is 26.8 Å². The minimum atomic E-state index is -0.514. The number of anilines is 1. The number of benzene rings is 1. The minimum Gasteiger partial charge on any atom is -0.491 e. The first kappa shape index (κ1) is 15.5. The van der Waals surface area contributed by atoms with Crippen molar-refractivity contribution in [1.29, 1.82) is 0 Å². The highest BCUT2D eigenvalue weighted by atomic mass is 16.5. The van der Waals surface area contributed by atoms with Crippen molar-refractivity contribution in [2.45, 2.75) is 40.2 Å². The second-order valence-corrected chi connectivity index (χ2v) is 5.11. The number of rotatable bonds is 6. The Morgan fingerprint density at radius 1 is 1.42 bits per heavy atom. The molecule has 0 aliphatic rings. The SMILES string of the molecule is CCCOc1cc(C)ccc1NC(=O)[C@H](N)C(C)C. The molecule has 0 radical (unpaired) electrons. The number of ether oxygens (including phenoxy) is 1. The van der Waals surface area contributed by atoms with E-state index in [9.17, 15) is 4.79 Å². The zero-order valence-electron chi connectivity index (χ0n) is 12.2. The molecule has 0 saturated heterocycles. The normalized spacial score (nSPS) is 12.3. The van der Waals surface area contributed by atoms with Crippen LogP contribution in [0.15, 0.2) is 18.2 Å². The number of nitrogens with one attached hydrogen (secondary N) is 1. The van der Waals surface area contributed by atoms with E-state index in [-0.39, 0.29) is 11.8 Å². The first-order valence-electron chi connectivity index (χ1n) is 6.75. The maximum atomic E-state index is 12.0. The van der Waals surface area contributed by atoms with Gasteiger partial charge in [-0.25, -0.2) is 0 Å². The monoisotopic (exact) mass is 264 g/mol. The fourth-order valence-electron chi connectivity index (χ4n) is 1.58. The van der Waals surface area contributed by atoms with Gasteiger partial charge in [-0.05, 0) is 37.0 Å². The predicted octanol–water partition coefficient (Wildman–Crippen LogP) is 2.71. The highest BCUT2D eigenvalue weighted by Gasteiger charge is 2.18. The molecule has 0 aliphatic heterocycles. The lowest BCUT2D eigenvalue weighted by Gasteiger charge is -2.17. The molecule has 4 nitrogen and oxygen atoms in total. The van der Waals surface area contributed by atoms with Crippen molar-refractivity contribution in [3.8, 4) is 5.75 Å². The molecule has 3 N–H and O–H groups in total. The van der Waals surface area contributed by atoms with E-state index >= 15 is 0 Å². The Labute approximate surface area is 115 Å². The van der Waals surface area contributed by atoms with Crippen LogP contribution in [0.4, 0.5) is 5.69 Å². The second-order valence-electron chi connectivity index (χ2n) is 5.11. The standard InChI is InChI=1S/C15H24N2O2/c1-5-8-19-13-9-11(4)6-7-12(13)17-15(18)14(16)10(2)3/h6-7,9-10,14H,5,8,16H2,1-4H3,(H,17,18)/t14-/m1/s1. The molecule has 0 aliphatic carbocycles. The Morgan fingerprint density at radius 3 is 2.68 bits per heavy atom. The average molecular weight is 264 g/mol. The largest absolute Gasteiger partial charge is 0.491 e. The molecular weight excluding hydrogens is 240 g/mol. The van der Waals surface area contributed by atoms with Gasteiger partial charge in [0, 0.05) is 0 Å². The Balaban J connectivity index is 2.84. The lowest BCUT2D eigenvalue weighted by Crippen LogP contribution is -2.39. The van der Waals surface area contributed by atoms with E-state index in [0.29, 0.717) is 18.0 Å². The fourth-order valence-corrected chi connectivity index (χ4v) is 1.58. The summed E-state index contributed by atoms with van der Waals surface area (Å²) in [4.78, 5) is 12.0. The summed E-state index contributed by atoms with van der Waals surface area (Å²) >= 11 is 0. The number of nitrogens with two attached hydrogens (primary N) is 1. The summed E-state index contributed by atoms with van der Waals surface area (Å²) in [6.07, 6.45) is 0.923. The maximum Gasteiger partial charge on any atom is 0.241 e. The van der Waals surface area contributed by atoms with Crippen LogP contribution >= 0.6 is 0 Å². The van der Waals surface area contributed by atoms with Crippen molar-refractivity contribution in [2.75, 3.05) is 11.9 Å². The summed E-state index contributed by atoms with van der Waals surface area (Å²) in [5.41, 5.74) is 7.61. The van der Waals surface area contributed by atoms with Crippen molar-refractivity contribution < 1.29 is 9.53 Å². The summed E-state index contributed by atoms with van der Waals surface area (Å²) in [6, 6.07) is 5.20. The molecule has 1 aromatic carbocycles. The molecule has 0 bridgehead atoms. The van der Waals surface area contributed by atoms with Crippen LogP contribution in [0.5, 0.6) is 5.75 Å². The Hall–Kier alpha value is -1.55. The van der Waals surface area contributed by atoms with E-state index < -0.39 is 6.04 Å². The van der Waals surface area contributed by atoms with Crippen LogP contribution in [0.3, 0.4) is 0 Å². The van der Waals surface area contributed by atoms with E-state index in [2.05, 4.69) is 5.32 Å². The maximum absolute atomic E-state index is 12.0. The van der Waals surface area contributed by atoms with Crippen LogP contribution in [-0.2, 0) is 4.79 Å². The van der Waals surface area contributed by atoms with Crippen LogP contribution in [-0.4, -0.2) is 18.6 Å². The van der Waals surface area contributed by atoms with Gasteiger partial charge in [0.15, 0.2) is 0 Å². The van der Waals surface area contributed by atoms with Gasteiger partial charge < -0.3 is 15.8 Å². The highest BCUT2D eigenvalue weighted by Crippen LogP contribution is 2.26. The van der Waals surface area contributed by atoms with Crippen LogP contribution in [0.25, 0.3) is 0 Å². The Bertz CT molecular complexity index is 430. The highest BCUT2D eigenvalue weighted by molar-refractivity contribution is 5.96. The van der Waals surface area contributed by atoms with Crippen molar-refractivity contribution in [1.82, 2.24) is 0 Å². The number of hydrogen-bond donors (Lipinski definition) is 2. The molecule has 0 spiro atoms. The zero-order chi connectivity index (χ0) is 14.4. The van der Waals surface area contributed by atoms with Crippen LogP contribution in [0, 0.1) is 12.8 Å². The van der Waals surface area contributed by atoms with Crippen molar-refractivity contribution in [2.24, 2.45) is 11.7 Å². The van der Waals surface area contributed by atoms with Gasteiger partial charge in [0.05, 0.1) is 18.3 Å². The Kier molecular flexibility index (Phi) is 5.83. The van der Waals surface area contributed by atoms with E-state index in [0.717, 1.165) is 12.0 Å². The van der Waals surface area contributed by atoms with Crippen molar-refractivity contribution in [3.63, 3.8) is 0 Å². The van der Waals surface area contributed by atoms with Crippen LogP contribution < -0.4 is 15.8 Å². The molecule has 1 aromatic rings. The molecule has 0 fully saturated rings. The topological polar surface area (TPSA) is 64.3 Å². The third kappa shape index (κ3) is 4.56. The van der Waals surface area contributed by atoms with E-state index in [4.69, 9.17) is 10.5 Å². The number of hydrogen-bond acceptors (Lipinski definition) is 3. The second kappa shape index (κ2) is 7.14. The molecule has 0 heterocycles. The molecular formula is C15H24N2O2. The number of amides is 1. The summed E-state index contributed by atoms with van der Waals surface area (Å²) in [5, 5.41) is 2.84. The smallest absolute Gasteiger partial charge is 0.241 e. The molecule has 1 amide bonds. The molecule has 106 valence electrons. The third-order valence-electron chi connectivity index (χ3n) is 2.88. The van der Waals surface area contributed by atoms with E-state index in [1.165, 1.54) is 0 Å². The fraction of sp³-hybridized carbons (Fsp3) is 0.533. The summed E-state index contributed by atoms with van der Waals surface area (Å²) < 4.78 is 5.65. The van der Waals surface area contributed by atoms with Crippen molar-refractivity contribution >= 4 is 11.6 Å². The Morgan fingerprint density at radius 2 is 2.11 bits per heavy atom. The third-order valence-corrected chi connectivity index (χ3v) is 2.88. The van der Waals surface area contributed by atoms with Gasteiger partial charge in [-0.15, -0.1) is 0 Å². The lowest BCUT2D eigenvalue weighted by atomic mass is 10.0. The van der Waals surface area contributed by atoms with E-state index in [1.54, 1.807) is 0 Å². The van der Waals surface area contributed by atoms with Gasteiger partial charge >= 0.3 is 0 Å². The number of carbonyl (C=O) groups is 1. The van der Waals surface area contributed by atoms with Gasteiger partial charge in [-0.2, -0.15) is 0 Å². The number of aryl methyl sites for hydroxylation is 1. The predicted molar refractivity (Wildman–Crippen MR) is 78.4 cm³/mol. The minimum absolute atomic E-state index is 0.102. The zero-order valence-corrected chi connectivity index (χ0v) is 12.2. The first-order valence-corrected chi connectivity index (χ1v) is 6.75.